The van der Waals surface area contributed by atoms with Crippen molar-refractivity contribution < 1.29 is 51.2 Å². The molecule has 16 heteroatoms. The van der Waals surface area contributed by atoms with Crippen LogP contribution in [0.2, 0.25) is 0 Å². The molecule has 0 saturated carbocycles. The van der Waals surface area contributed by atoms with Crippen LogP contribution >= 0.6 is 0 Å². The van der Waals surface area contributed by atoms with Gasteiger partial charge in [-0.25, -0.2) is 4.79 Å². The van der Waals surface area contributed by atoms with Crippen molar-refractivity contribution in [3.05, 3.63) is 118 Å². The summed E-state index contributed by atoms with van der Waals surface area (Å²) in [7, 11) is 3.13. The molecule has 0 spiro atoms. The maximum atomic E-state index is 13.4. The van der Waals surface area contributed by atoms with Gasteiger partial charge in [-0.05, 0) is 41.0 Å². The number of carbonyl (C=O) groups excluding carboxylic acids is 3. The van der Waals surface area contributed by atoms with Crippen LogP contribution < -0.4 is 25.8 Å². The van der Waals surface area contributed by atoms with Gasteiger partial charge in [-0.2, -0.15) is 18.2 Å². The third-order valence-corrected chi connectivity index (χ3v) is 8.71. The van der Waals surface area contributed by atoms with Crippen molar-refractivity contribution in [1.82, 2.24) is 14.9 Å². The molecule has 5 rings (SSSR count). The van der Waals surface area contributed by atoms with Crippen LogP contribution in [0.4, 0.5) is 19.0 Å². The Morgan fingerprint density at radius 1 is 0.911 bits per heavy atom. The lowest BCUT2D eigenvalue weighted by Gasteiger charge is -2.37. The van der Waals surface area contributed by atoms with E-state index in [-0.39, 0.29) is 30.8 Å². The molecule has 0 unspecified atom stereocenters. The number of aromatic nitrogens is 2. The molecule has 294 valence electrons. The predicted molar refractivity (Wildman–Crippen MR) is 196 cm³/mol. The van der Waals surface area contributed by atoms with Crippen molar-refractivity contribution in [1.29, 1.82) is 0 Å². The average Bonchev–Trinajstić information content (AvgIpc) is 3.57. The van der Waals surface area contributed by atoms with Gasteiger partial charge in [-0.15, -0.1) is 0 Å². The number of nitrogens with zero attached hydrogens (tertiary/aromatic N) is 2. The highest BCUT2D eigenvalue weighted by molar-refractivity contribution is 5.88. The Bertz CT molecular complexity index is 2080. The highest BCUT2D eigenvalue weighted by atomic mass is 19.4. The zero-order valence-electron chi connectivity index (χ0n) is 30.8. The van der Waals surface area contributed by atoms with Gasteiger partial charge in [-0.3, -0.25) is 19.0 Å². The Kier molecular flexibility index (Phi) is 13.2. The number of ether oxygens (including phenoxy) is 5. The molecule has 0 radical (unpaired) electrons. The number of rotatable bonds is 13. The summed E-state index contributed by atoms with van der Waals surface area (Å²) in [6.45, 7) is 1.88. The van der Waals surface area contributed by atoms with Gasteiger partial charge in [0.05, 0.1) is 26.4 Å². The van der Waals surface area contributed by atoms with Gasteiger partial charge >= 0.3 is 23.7 Å². The quantitative estimate of drug-likeness (QED) is 0.0832. The van der Waals surface area contributed by atoms with E-state index in [0.717, 1.165) is 21.3 Å². The number of esters is 1. The number of alkyl halides is 3. The number of anilines is 1. The molecule has 2 N–H and O–H groups in total. The molecular weight excluding hydrogens is 737 g/mol. The fourth-order valence-corrected chi connectivity index (χ4v) is 6.17. The molecule has 1 aliphatic rings. The van der Waals surface area contributed by atoms with Gasteiger partial charge in [0, 0.05) is 39.4 Å². The van der Waals surface area contributed by atoms with E-state index >= 15 is 0 Å². The lowest BCUT2D eigenvalue weighted by Crippen LogP contribution is -2.39. The lowest BCUT2D eigenvalue weighted by atomic mass is 9.80. The summed E-state index contributed by atoms with van der Waals surface area (Å²) in [5.74, 6) is 3.11. The zero-order chi connectivity index (χ0) is 40.5. The number of hydrogen-bond acceptors (Lipinski definition) is 10. The first-order chi connectivity index (χ1) is 26.7. The molecule has 3 atom stereocenters. The van der Waals surface area contributed by atoms with Crippen LogP contribution in [0.3, 0.4) is 0 Å². The van der Waals surface area contributed by atoms with Gasteiger partial charge in [-0.1, -0.05) is 66.4 Å². The number of amides is 2. The average molecular weight is 777 g/mol. The van der Waals surface area contributed by atoms with Crippen LogP contribution in [0, 0.1) is 11.8 Å². The van der Waals surface area contributed by atoms with Gasteiger partial charge in [0.15, 0.2) is 5.82 Å². The highest BCUT2D eigenvalue weighted by Crippen LogP contribution is 2.43. The number of carbonyl (C=O) groups is 3. The predicted octanol–water partition coefficient (Wildman–Crippen LogP) is 4.87. The van der Waals surface area contributed by atoms with Crippen LogP contribution in [0.25, 0.3) is 0 Å². The first-order valence-corrected chi connectivity index (χ1v) is 17.3. The summed E-state index contributed by atoms with van der Waals surface area (Å²) >= 11 is 0. The van der Waals surface area contributed by atoms with Gasteiger partial charge in [0.25, 0.3) is 0 Å². The Morgan fingerprint density at radius 3 is 2.04 bits per heavy atom. The summed E-state index contributed by atoms with van der Waals surface area (Å²) in [5.41, 5.74) is 0.204. The molecular formula is C40H39F3N4O9. The summed E-state index contributed by atoms with van der Waals surface area (Å²) in [6.07, 6.45) is -6.84. The fourth-order valence-electron chi connectivity index (χ4n) is 6.17. The Morgan fingerprint density at radius 2 is 1.50 bits per heavy atom. The van der Waals surface area contributed by atoms with Crippen LogP contribution in [-0.2, 0) is 34.2 Å². The Balaban J connectivity index is 1.50. The number of methoxy groups -OCH3 is 2. The van der Waals surface area contributed by atoms with Crippen molar-refractivity contribution in [2.45, 2.75) is 56.9 Å². The van der Waals surface area contributed by atoms with Crippen LogP contribution in [0.15, 0.2) is 89.9 Å². The lowest BCUT2D eigenvalue weighted by molar-refractivity contribution is -0.173. The first kappa shape index (κ1) is 41.0. The normalized spacial score (nSPS) is 16.6. The second-order valence-corrected chi connectivity index (χ2v) is 12.5. The molecule has 2 amide bonds. The fraction of sp³-hybridized carbons (Fsp3) is 0.325. The number of nitrogens with one attached hydrogen (secondary N) is 2. The molecule has 0 bridgehead atoms. The molecule has 4 aromatic rings. The van der Waals surface area contributed by atoms with E-state index in [1.807, 2.05) is 78.9 Å². The van der Waals surface area contributed by atoms with E-state index in [2.05, 4.69) is 22.1 Å². The molecule has 3 aromatic carbocycles. The zero-order valence-corrected chi connectivity index (χ0v) is 30.8. The van der Waals surface area contributed by atoms with E-state index < -0.39 is 60.2 Å². The standard InChI is InChI=1S/C40H39F3N4O9/c1-25(48)45-36-27(10-8-9-21-44-37(50)40(41,42)43)23-47(38(51)46-36)35-22-33(55-26(2)49)34(56-35)24-54-39(28-11-6-5-7-12-28,29-13-17-31(52-3)18-14-29)30-15-19-32(53-4)20-16-30/h5-7,11-20,23,33-35H,9,21-22,24H2,1-4H3,(H,44,50)(H,45,46,48,51)/t33-,34+,35+/m0/s1. The van der Waals surface area contributed by atoms with Crippen molar-refractivity contribution in [3.8, 4) is 23.3 Å². The number of halogens is 3. The molecule has 1 aliphatic heterocycles. The minimum Gasteiger partial charge on any atom is -0.497 e. The third-order valence-electron chi connectivity index (χ3n) is 8.71. The van der Waals surface area contributed by atoms with Crippen molar-refractivity contribution in [3.63, 3.8) is 0 Å². The maximum Gasteiger partial charge on any atom is 0.471 e. The Labute approximate surface area is 320 Å². The van der Waals surface area contributed by atoms with E-state index in [9.17, 15) is 32.3 Å². The van der Waals surface area contributed by atoms with E-state index in [4.69, 9.17) is 23.7 Å². The largest absolute Gasteiger partial charge is 0.497 e. The number of hydrogen-bond donors (Lipinski definition) is 2. The first-order valence-electron chi connectivity index (χ1n) is 17.3. The van der Waals surface area contributed by atoms with E-state index in [1.165, 1.54) is 20.0 Å². The molecule has 56 heavy (non-hydrogen) atoms. The van der Waals surface area contributed by atoms with Crippen LogP contribution in [0.5, 0.6) is 11.5 Å². The molecule has 0 aliphatic carbocycles. The number of benzene rings is 3. The second-order valence-electron chi connectivity index (χ2n) is 12.5. The summed E-state index contributed by atoms with van der Waals surface area (Å²) in [6, 6.07) is 24.3. The van der Waals surface area contributed by atoms with Crippen molar-refractivity contribution in [2.75, 3.05) is 32.7 Å². The monoisotopic (exact) mass is 776 g/mol. The summed E-state index contributed by atoms with van der Waals surface area (Å²) < 4.78 is 68.7. The molecule has 13 nitrogen and oxygen atoms in total. The van der Waals surface area contributed by atoms with Gasteiger partial charge in [0.2, 0.25) is 5.91 Å². The van der Waals surface area contributed by atoms with Gasteiger partial charge < -0.3 is 34.3 Å². The molecule has 1 saturated heterocycles. The summed E-state index contributed by atoms with van der Waals surface area (Å²) in [4.78, 5) is 52.8. The van der Waals surface area contributed by atoms with E-state index in [1.54, 1.807) is 19.5 Å². The van der Waals surface area contributed by atoms with E-state index in [0.29, 0.717) is 11.5 Å². The third kappa shape index (κ3) is 9.73. The van der Waals surface area contributed by atoms with Gasteiger partial charge in [0.1, 0.15) is 35.5 Å². The SMILES string of the molecule is COc1ccc(C(OC[C@H]2O[C@@H](n3cc(C#CCCNC(=O)C(F)(F)F)c(NC(C)=O)nc3=O)C[C@@H]2OC(C)=O)(c2ccccc2)c2ccc(OC)cc2)cc1. The smallest absolute Gasteiger partial charge is 0.471 e. The topological polar surface area (TPSA) is 156 Å². The van der Waals surface area contributed by atoms with Crippen molar-refractivity contribution in [2.24, 2.45) is 0 Å². The minimum atomic E-state index is -5.05. The second kappa shape index (κ2) is 18.0. The summed E-state index contributed by atoms with van der Waals surface area (Å²) in [5, 5.41) is 4.14. The van der Waals surface area contributed by atoms with Crippen LogP contribution in [0.1, 0.15) is 55.2 Å². The molecule has 2 heterocycles. The van der Waals surface area contributed by atoms with Crippen LogP contribution in [-0.4, -0.2) is 73.1 Å². The molecule has 1 aromatic heterocycles. The Hall–Kier alpha value is -6.18. The highest BCUT2D eigenvalue weighted by Gasteiger charge is 2.44. The van der Waals surface area contributed by atoms with Crippen molar-refractivity contribution >= 4 is 23.6 Å². The maximum absolute atomic E-state index is 13.4. The molecule has 1 fully saturated rings. The minimum absolute atomic E-state index is 0.00553.